The molecule has 2 fully saturated rings. The van der Waals surface area contributed by atoms with Crippen LogP contribution in [0.5, 0.6) is 23.0 Å². The molecule has 16 nitrogen and oxygen atoms in total. The van der Waals surface area contributed by atoms with Gasteiger partial charge in [-0.05, 0) is 105 Å². The smallest absolute Gasteiger partial charge is 0.206 e. The molecule has 0 amide bonds. The van der Waals surface area contributed by atoms with Crippen molar-refractivity contribution >= 4 is 117 Å². The average Bonchev–Trinajstić information content (AvgIpc) is 3.73. The second-order valence-electron chi connectivity index (χ2n) is 16.2. The van der Waals surface area contributed by atoms with Crippen LogP contribution in [0.1, 0.15) is 47.4 Å². The highest BCUT2D eigenvalue weighted by molar-refractivity contribution is 9.09. The number of alkyl halides is 1. The van der Waals surface area contributed by atoms with Crippen LogP contribution in [-0.4, -0.2) is 141 Å². The summed E-state index contributed by atoms with van der Waals surface area (Å²) in [5, 5.41) is 7.33. The van der Waals surface area contributed by atoms with Gasteiger partial charge in [-0.3, -0.25) is 9.59 Å². The molecule has 396 valence electrons. The normalized spacial score (nSPS) is 15.1. The van der Waals surface area contributed by atoms with Crippen molar-refractivity contribution in [1.82, 2.24) is 14.8 Å². The third kappa shape index (κ3) is 16.6. The molecule has 1 unspecified atom stereocenters. The molecule has 73 heavy (non-hydrogen) atoms. The van der Waals surface area contributed by atoms with E-state index in [-0.39, 0.29) is 58.9 Å². The van der Waals surface area contributed by atoms with Gasteiger partial charge in [0.2, 0.25) is 5.78 Å². The Morgan fingerprint density at radius 3 is 1.74 bits per heavy atom. The molecule has 0 spiro atoms. The number of piperazine rings is 2. The number of hydrogen-bond donors (Lipinski definition) is 4. The molecule has 0 aliphatic carbocycles. The van der Waals surface area contributed by atoms with Crippen molar-refractivity contribution in [2.24, 2.45) is 10.7 Å². The standard InChI is InChI=1S/C23H24FN5O3S.C15H22FN5S2.C10H9BrO3.2CH4.H3P/c1-28-6-8-29(9-7-28)17-4-3-15(13-16(17)24)26-23-27-22(25)21(33-23)20(30)14-2-5-18-19(12-14)32-11-10-31-18;1-3-23-14(17)19-15(22)18-11-4-5-13(12(16)10-11)21-8-6-20(2)7-9-21;11-6-8(12)7-1-2-9-10(5-7)14-4-3-13-9;;;/h2-5,12-13H,6-11,25H2,1H3,(H,26,27);4-5,10H,3,6-9H2,1-2H3,(H3,17,18,19,22);1-2,5H,3-4,6H2;2*1H4;1H3. The van der Waals surface area contributed by atoms with Crippen LogP contribution in [0, 0.1) is 11.6 Å². The fourth-order valence-electron chi connectivity index (χ4n) is 7.49. The van der Waals surface area contributed by atoms with Gasteiger partial charge in [0.15, 0.2) is 44.2 Å². The molecule has 6 N–H and O–H groups in total. The number of nitrogens with zero attached hydrogens (tertiary/aromatic N) is 6. The number of anilines is 6. The number of ketones is 2. The molecular weight excluding hydrogens is 1080 g/mol. The van der Waals surface area contributed by atoms with Gasteiger partial charge < -0.3 is 60.6 Å². The van der Waals surface area contributed by atoms with Crippen molar-refractivity contribution in [3.63, 3.8) is 0 Å². The second-order valence-corrected chi connectivity index (χ2v) is 19.4. The molecule has 0 bridgehead atoms. The SMILES string of the molecule is C.C.CCSC(N)=NC(=S)Nc1ccc(N2CCN(C)CC2)c(F)c1.CN1CCN(c2ccc(Nc3nc(N)c(C(=O)c4ccc5c(c4)OCCO5)s3)cc2F)CC1.O=C(CBr)c1ccc2c(c1)OCCO2.P. The number of Topliss-reactive ketones (excluding diaryl/α,β-unsaturated/α-hetero) is 1. The summed E-state index contributed by atoms with van der Waals surface area (Å²) in [5.74, 6) is 2.68. The van der Waals surface area contributed by atoms with Crippen molar-refractivity contribution in [3.8, 4) is 23.0 Å². The Balaban J connectivity index is 0.000000252. The Hall–Kier alpha value is -5.35. The number of benzene rings is 4. The molecule has 1 aromatic heterocycles. The Morgan fingerprint density at radius 2 is 1.23 bits per heavy atom. The van der Waals surface area contributed by atoms with Crippen molar-refractivity contribution in [2.45, 2.75) is 21.8 Å². The lowest BCUT2D eigenvalue weighted by Crippen LogP contribution is -2.44. The lowest BCUT2D eigenvalue weighted by molar-refractivity contribution is 0.101. The number of nitrogens with one attached hydrogen (secondary N) is 2. The highest BCUT2D eigenvalue weighted by Gasteiger charge is 2.23. The monoisotopic (exact) mass is 1150 g/mol. The van der Waals surface area contributed by atoms with E-state index >= 15 is 0 Å². The maximum atomic E-state index is 14.8. The van der Waals surface area contributed by atoms with Crippen LogP contribution < -0.4 is 50.8 Å². The first kappa shape index (κ1) is 60.2. The van der Waals surface area contributed by atoms with E-state index in [9.17, 15) is 18.4 Å². The number of thiocarbonyl (C=S) groups is 1. The van der Waals surface area contributed by atoms with Gasteiger partial charge in [-0.15, -0.1) is 0 Å². The molecular formula is C50H66BrF2N10O6PS3. The number of rotatable bonds is 10. The Bertz CT molecular complexity index is 2690. The van der Waals surface area contributed by atoms with Gasteiger partial charge in [0, 0.05) is 74.9 Å². The van der Waals surface area contributed by atoms with E-state index in [0.717, 1.165) is 69.4 Å². The number of carbonyl (C=O) groups excluding carboxylic acids is 2. The number of halogens is 3. The van der Waals surface area contributed by atoms with Gasteiger partial charge in [-0.1, -0.05) is 60.8 Å². The molecule has 9 rings (SSSR count). The van der Waals surface area contributed by atoms with E-state index < -0.39 is 0 Å². The first-order valence-electron chi connectivity index (χ1n) is 22.5. The van der Waals surface area contributed by atoms with Gasteiger partial charge in [-0.25, -0.2) is 13.8 Å². The molecule has 0 radical (unpaired) electrons. The van der Waals surface area contributed by atoms with E-state index in [1.807, 2.05) is 17.9 Å². The number of nitrogen functional groups attached to an aromatic ring is 1. The molecule has 4 aliphatic heterocycles. The lowest BCUT2D eigenvalue weighted by Gasteiger charge is -2.34. The highest BCUT2D eigenvalue weighted by atomic mass is 79.9. The minimum atomic E-state index is -0.304. The number of thiazole rings is 1. The van der Waals surface area contributed by atoms with E-state index in [4.69, 9.17) is 42.6 Å². The summed E-state index contributed by atoms with van der Waals surface area (Å²) in [6, 6.07) is 20.3. The zero-order valence-corrected chi connectivity index (χ0v) is 45.1. The summed E-state index contributed by atoms with van der Waals surface area (Å²) in [6.07, 6.45) is 0. The summed E-state index contributed by atoms with van der Waals surface area (Å²) in [6.45, 7) is 10.9. The Kier molecular flexibility index (Phi) is 23.9. The topological polar surface area (TPSA) is 185 Å². The minimum Gasteiger partial charge on any atom is -0.486 e. The summed E-state index contributed by atoms with van der Waals surface area (Å²) < 4.78 is 50.9. The number of amidine groups is 1. The van der Waals surface area contributed by atoms with Gasteiger partial charge in [0.1, 0.15) is 48.8 Å². The number of aromatic nitrogens is 1. The number of thioether (sulfide) groups is 1. The zero-order valence-electron chi connectivity index (χ0n) is 39.7. The molecule has 0 saturated carbocycles. The largest absolute Gasteiger partial charge is 0.486 e. The van der Waals surface area contributed by atoms with Crippen LogP contribution in [0.2, 0.25) is 0 Å². The van der Waals surface area contributed by atoms with Crippen LogP contribution in [0.25, 0.3) is 0 Å². The highest BCUT2D eigenvalue weighted by Crippen LogP contribution is 2.36. The zero-order chi connectivity index (χ0) is 49.7. The van der Waals surface area contributed by atoms with Gasteiger partial charge in [0.25, 0.3) is 0 Å². The van der Waals surface area contributed by atoms with E-state index in [1.165, 1.54) is 23.9 Å². The summed E-state index contributed by atoms with van der Waals surface area (Å²) in [4.78, 5) is 41.6. The van der Waals surface area contributed by atoms with Crippen LogP contribution >= 0.6 is 61.1 Å². The number of likely N-dealkylation sites (N-methyl/N-ethyl adjacent to an activating group) is 2. The quantitative estimate of drug-likeness (QED) is 0.0259. The maximum Gasteiger partial charge on any atom is 0.206 e. The molecule has 5 heterocycles. The summed E-state index contributed by atoms with van der Waals surface area (Å²) >= 11 is 10.8. The van der Waals surface area contributed by atoms with Crippen molar-refractivity contribution in [2.75, 3.05) is 130 Å². The van der Waals surface area contributed by atoms with Crippen LogP contribution in [0.4, 0.5) is 42.5 Å². The van der Waals surface area contributed by atoms with Crippen molar-refractivity contribution < 1.29 is 37.3 Å². The number of nitrogens with two attached hydrogens (primary N) is 2. The Morgan fingerprint density at radius 1 is 0.753 bits per heavy atom. The van der Waals surface area contributed by atoms with Crippen LogP contribution in [0.15, 0.2) is 77.8 Å². The van der Waals surface area contributed by atoms with Crippen molar-refractivity contribution in [1.29, 1.82) is 0 Å². The maximum absolute atomic E-state index is 14.8. The molecule has 1 atom stereocenters. The predicted octanol–water partition coefficient (Wildman–Crippen LogP) is 9.07. The van der Waals surface area contributed by atoms with E-state index in [0.29, 0.717) is 104 Å². The molecule has 4 aromatic carbocycles. The molecule has 4 aliphatic rings. The average molecular weight is 1150 g/mol. The fraction of sp³-hybridized carbons (Fsp3) is 0.380. The molecule has 2 saturated heterocycles. The van der Waals surface area contributed by atoms with Crippen molar-refractivity contribution in [3.05, 3.63) is 100 Å². The molecule has 5 aromatic rings. The number of aliphatic imine (C=N–C) groups is 1. The molecule has 23 heteroatoms. The third-order valence-corrected chi connectivity index (χ3v) is 13.6. The lowest BCUT2D eigenvalue weighted by atomic mass is 10.1. The summed E-state index contributed by atoms with van der Waals surface area (Å²) in [7, 11) is 4.14. The predicted molar refractivity (Wildman–Crippen MR) is 309 cm³/mol. The Labute approximate surface area is 452 Å². The second kappa shape index (κ2) is 28.9. The summed E-state index contributed by atoms with van der Waals surface area (Å²) in [5.41, 5.74) is 15.1. The third-order valence-electron chi connectivity index (χ3n) is 11.2. The van der Waals surface area contributed by atoms with E-state index in [1.54, 1.807) is 54.6 Å². The first-order valence-corrected chi connectivity index (χ1v) is 25.8. The number of carbonyl (C=O) groups is 2. The van der Waals surface area contributed by atoms with Gasteiger partial charge in [-0.2, -0.15) is 14.9 Å². The number of fused-ring (bicyclic) bond motifs is 2. The van der Waals surface area contributed by atoms with Gasteiger partial charge >= 0.3 is 0 Å². The van der Waals surface area contributed by atoms with Gasteiger partial charge in [0.05, 0.1) is 16.7 Å². The number of hydrogen-bond acceptors (Lipinski definition) is 16. The first-order chi connectivity index (χ1) is 33.8. The van der Waals surface area contributed by atoms with Crippen LogP contribution in [0.3, 0.4) is 0 Å². The number of ether oxygens (including phenoxy) is 4. The fourth-order valence-corrected chi connectivity index (χ4v) is 9.41. The van der Waals surface area contributed by atoms with Crippen LogP contribution in [-0.2, 0) is 0 Å². The van der Waals surface area contributed by atoms with E-state index in [2.05, 4.69) is 65.3 Å². The minimum absolute atomic E-state index is 0.